The number of H-pyrrole nitrogens is 1. The van der Waals surface area contributed by atoms with Gasteiger partial charge < -0.3 is 0 Å². The second-order valence-electron chi connectivity index (χ2n) is 3.48. The normalized spacial score (nSPS) is 24.2. The smallest absolute Gasteiger partial charge is 0.246 e. The van der Waals surface area contributed by atoms with Gasteiger partial charge in [0.1, 0.15) is 4.90 Å². The van der Waals surface area contributed by atoms with Crippen molar-refractivity contribution in [3.63, 3.8) is 0 Å². The molecule has 7 heteroatoms. The van der Waals surface area contributed by atoms with E-state index in [1.807, 2.05) is 6.92 Å². The van der Waals surface area contributed by atoms with Crippen LogP contribution in [0.3, 0.4) is 0 Å². The van der Waals surface area contributed by atoms with Gasteiger partial charge in [-0.3, -0.25) is 5.10 Å². The maximum absolute atomic E-state index is 12.1. The molecule has 0 amide bonds. The lowest BCUT2D eigenvalue weighted by atomic mass is 10.4. The van der Waals surface area contributed by atoms with E-state index in [0.717, 1.165) is 5.75 Å². The van der Waals surface area contributed by atoms with Crippen LogP contribution in [0.2, 0.25) is 0 Å². The van der Waals surface area contributed by atoms with Gasteiger partial charge in [0.05, 0.1) is 6.20 Å². The van der Waals surface area contributed by atoms with Gasteiger partial charge in [-0.05, 0) is 0 Å². The molecule has 5 nitrogen and oxygen atoms in total. The number of nitrogens with one attached hydrogen (secondary N) is 1. The monoisotopic (exact) mass is 247 g/mol. The van der Waals surface area contributed by atoms with Crippen molar-refractivity contribution in [1.29, 1.82) is 0 Å². The molecule has 15 heavy (non-hydrogen) atoms. The van der Waals surface area contributed by atoms with E-state index in [1.165, 1.54) is 16.7 Å². The molecule has 0 saturated carbocycles. The predicted molar refractivity (Wildman–Crippen MR) is 59.3 cm³/mol. The summed E-state index contributed by atoms with van der Waals surface area (Å²) < 4.78 is 25.6. The molecule has 0 aromatic carbocycles. The van der Waals surface area contributed by atoms with Crippen LogP contribution in [0, 0.1) is 0 Å². The molecule has 84 valence electrons. The first kappa shape index (κ1) is 11.0. The highest BCUT2D eigenvalue weighted by molar-refractivity contribution is 8.00. The van der Waals surface area contributed by atoms with Crippen LogP contribution in [0.1, 0.15) is 6.92 Å². The maximum atomic E-state index is 12.1. The van der Waals surface area contributed by atoms with E-state index in [4.69, 9.17) is 0 Å². The number of thioether (sulfide) groups is 1. The summed E-state index contributed by atoms with van der Waals surface area (Å²) in [5.74, 6) is 0.859. The average Bonchev–Trinajstić information content (AvgIpc) is 2.71. The van der Waals surface area contributed by atoms with Gasteiger partial charge in [0.15, 0.2) is 0 Å². The lowest BCUT2D eigenvalue weighted by Gasteiger charge is -2.29. The minimum Gasteiger partial charge on any atom is -0.284 e. The Bertz CT molecular complexity index is 415. The number of sulfonamides is 1. The molecule has 1 aromatic rings. The van der Waals surface area contributed by atoms with E-state index in [1.54, 1.807) is 11.8 Å². The molecule has 1 unspecified atom stereocenters. The van der Waals surface area contributed by atoms with E-state index in [2.05, 4.69) is 10.2 Å². The van der Waals surface area contributed by atoms with E-state index < -0.39 is 10.0 Å². The largest absolute Gasteiger partial charge is 0.284 e. The Morgan fingerprint density at radius 1 is 1.67 bits per heavy atom. The number of rotatable bonds is 2. The minimum absolute atomic E-state index is 0.251. The third kappa shape index (κ3) is 2.19. The van der Waals surface area contributed by atoms with E-state index in [-0.39, 0.29) is 4.90 Å². The molecule has 0 aliphatic carbocycles. The summed E-state index contributed by atoms with van der Waals surface area (Å²) in [4.78, 5) is 0.251. The lowest BCUT2D eigenvalue weighted by Crippen LogP contribution is -2.40. The van der Waals surface area contributed by atoms with Gasteiger partial charge in [0.2, 0.25) is 10.0 Å². The van der Waals surface area contributed by atoms with Gasteiger partial charge in [0.25, 0.3) is 0 Å². The Morgan fingerprint density at radius 3 is 3.07 bits per heavy atom. The van der Waals surface area contributed by atoms with Crippen LogP contribution < -0.4 is 0 Å². The van der Waals surface area contributed by atoms with E-state index in [0.29, 0.717) is 18.3 Å². The lowest BCUT2D eigenvalue weighted by molar-refractivity contribution is 0.424. The number of hydrogen-bond acceptors (Lipinski definition) is 4. The van der Waals surface area contributed by atoms with Crippen molar-refractivity contribution < 1.29 is 8.42 Å². The molecule has 1 fully saturated rings. The van der Waals surface area contributed by atoms with Crippen LogP contribution in [0.25, 0.3) is 0 Å². The Morgan fingerprint density at radius 2 is 2.47 bits per heavy atom. The Hall–Kier alpha value is -0.530. The van der Waals surface area contributed by atoms with Crippen molar-refractivity contribution in [1.82, 2.24) is 14.5 Å². The molecule has 0 radical (unpaired) electrons. The molecule has 1 aromatic heterocycles. The Balaban J connectivity index is 2.22. The van der Waals surface area contributed by atoms with Crippen LogP contribution in [0.5, 0.6) is 0 Å². The summed E-state index contributed by atoms with van der Waals surface area (Å²) in [6, 6.07) is 0. The van der Waals surface area contributed by atoms with Gasteiger partial charge in [-0.1, -0.05) is 6.92 Å². The molecule has 1 atom stereocenters. The molecule has 0 spiro atoms. The zero-order valence-electron chi connectivity index (χ0n) is 8.38. The average molecular weight is 247 g/mol. The Labute approximate surface area is 93.3 Å². The van der Waals surface area contributed by atoms with E-state index >= 15 is 0 Å². The number of aromatic amines is 1. The van der Waals surface area contributed by atoms with Crippen molar-refractivity contribution in [2.24, 2.45) is 0 Å². The van der Waals surface area contributed by atoms with Gasteiger partial charge in [0, 0.05) is 30.3 Å². The van der Waals surface area contributed by atoms with Crippen LogP contribution >= 0.6 is 11.8 Å². The van der Waals surface area contributed by atoms with Crippen LogP contribution in [-0.2, 0) is 10.0 Å². The second-order valence-corrected chi connectivity index (χ2v) is 6.96. The van der Waals surface area contributed by atoms with Crippen molar-refractivity contribution >= 4 is 21.8 Å². The highest BCUT2D eigenvalue weighted by Gasteiger charge is 2.29. The molecule has 2 rings (SSSR count). The molecule has 1 aliphatic rings. The third-order valence-electron chi connectivity index (χ3n) is 2.31. The number of nitrogens with zero attached hydrogens (tertiary/aromatic N) is 2. The van der Waals surface area contributed by atoms with Crippen molar-refractivity contribution in [3.8, 4) is 0 Å². The Kier molecular flexibility index (Phi) is 3.03. The minimum atomic E-state index is -3.33. The van der Waals surface area contributed by atoms with Gasteiger partial charge in [-0.15, -0.1) is 0 Å². The fourth-order valence-corrected chi connectivity index (χ4v) is 4.19. The zero-order chi connectivity index (χ0) is 10.9. The van der Waals surface area contributed by atoms with Crippen LogP contribution in [0.15, 0.2) is 17.3 Å². The first-order chi connectivity index (χ1) is 7.10. The van der Waals surface area contributed by atoms with Gasteiger partial charge >= 0.3 is 0 Å². The number of aromatic nitrogens is 2. The summed E-state index contributed by atoms with van der Waals surface area (Å²) >= 11 is 1.81. The van der Waals surface area contributed by atoms with Crippen molar-refractivity contribution in [3.05, 3.63) is 12.4 Å². The zero-order valence-corrected chi connectivity index (χ0v) is 10.0. The standard InChI is InChI=1S/C8H13N3O2S2/c1-7-6-11(2-3-14-7)15(12,13)8-4-9-10-5-8/h4-5,7H,2-3,6H2,1H3,(H,9,10). The summed E-state index contributed by atoms with van der Waals surface area (Å²) in [7, 11) is -3.33. The topological polar surface area (TPSA) is 66.1 Å². The molecule has 1 saturated heterocycles. The molecular weight excluding hydrogens is 234 g/mol. The van der Waals surface area contributed by atoms with Gasteiger partial charge in [-0.2, -0.15) is 21.2 Å². The fourth-order valence-electron chi connectivity index (χ4n) is 1.53. The SMILES string of the molecule is CC1CN(S(=O)(=O)c2cn[nH]c2)CCS1. The van der Waals surface area contributed by atoms with Crippen LogP contribution in [0.4, 0.5) is 0 Å². The van der Waals surface area contributed by atoms with Gasteiger partial charge in [-0.25, -0.2) is 8.42 Å². The highest BCUT2D eigenvalue weighted by Crippen LogP contribution is 2.23. The predicted octanol–water partition coefficient (Wildman–Crippen LogP) is 0.536. The summed E-state index contributed by atoms with van der Waals surface area (Å²) in [5, 5.41) is 6.55. The molecule has 0 bridgehead atoms. The summed E-state index contributed by atoms with van der Waals surface area (Å²) in [6.07, 6.45) is 2.77. The van der Waals surface area contributed by atoms with Crippen molar-refractivity contribution in [2.75, 3.05) is 18.8 Å². The second kappa shape index (κ2) is 4.15. The molecule has 1 aliphatic heterocycles. The maximum Gasteiger partial charge on any atom is 0.246 e. The summed E-state index contributed by atoms with van der Waals surface area (Å²) in [5.41, 5.74) is 0. The fraction of sp³-hybridized carbons (Fsp3) is 0.625. The third-order valence-corrected chi connectivity index (χ3v) is 5.28. The molecule has 1 N–H and O–H groups in total. The van der Waals surface area contributed by atoms with Crippen molar-refractivity contribution in [2.45, 2.75) is 17.1 Å². The quantitative estimate of drug-likeness (QED) is 0.828. The van der Waals surface area contributed by atoms with E-state index in [9.17, 15) is 8.42 Å². The first-order valence-electron chi connectivity index (χ1n) is 4.71. The molecule has 2 heterocycles. The first-order valence-corrected chi connectivity index (χ1v) is 7.20. The summed E-state index contributed by atoms with van der Waals surface area (Å²) in [6.45, 7) is 3.21. The molecular formula is C8H13N3O2S2. The number of hydrogen-bond donors (Lipinski definition) is 1. The van der Waals surface area contributed by atoms with Crippen LogP contribution in [-0.4, -0.2) is 47.0 Å². The highest BCUT2D eigenvalue weighted by atomic mass is 32.2.